The quantitative estimate of drug-likeness (QED) is 0.642. The van der Waals surface area contributed by atoms with E-state index in [0.29, 0.717) is 12.3 Å². The summed E-state index contributed by atoms with van der Waals surface area (Å²) in [4.78, 5) is 14.0. The molecule has 0 unspecified atom stereocenters. The Morgan fingerprint density at radius 3 is 2.50 bits per heavy atom. The van der Waals surface area contributed by atoms with Crippen molar-refractivity contribution in [2.24, 2.45) is 0 Å². The number of likely N-dealkylation sites (N-methyl/N-ethyl adjacent to an activating group) is 1. The molecule has 24 heavy (non-hydrogen) atoms. The average Bonchev–Trinajstić information content (AvgIpc) is 2.62. The lowest BCUT2D eigenvalue weighted by Crippen LogP contribution is -2.30. The SMILES string of the molecule is CN(Cc1ccccc1)C(=O)COc1ccc2ccccc2c1Br. The normalized spacial score (nSPS) is 10.6. The van der Waals surface area contributed by atoms with E-state index >= 15 is 0 Å². The predicted molar refractivity (Wildman–Crippen MR) is 100 cm³/mol. The maximum absolute atomic E-state index is 12.3. The molecular weight excluding hydrogens is 366 g/mol. The van der Waals surface area contributed by atoms with Crippen LogP contribution in [0.15, 0.2) is 71.2 Å². The number of hydrogen-bond acceptors (Lipinski definition) is 2. The molecule has 4 heteroatoms. The van der Waals surface area contributed by atoms with Crippen molar-refractivity contribution in [1.82, 2.24) is 4.90 Å². The van der Waals surface area contributed by atoms with Crippen molar-refractivity contribution in [3.8, 4) is 5.75 Å². The van der Waals surface area contributed by atoms with Crippen LogP contribution in [0, 0.1) is 0 Å². The summed E-state index contributed by atoms with van der Waals surface area (Å²) in [6, 6.07) is 21.8. The van der Waals surface area contributed by atoms with Gasteiger partial charge in [0.25, 0.3) is 5.91 Å². The van der Waals surface area contributed by atoms with Crippen LogP contribution in [-0.2, 0) is 11.3 Å². The molecule has 0 aliphatic heterocycles. The standard InChI is InChI=1S/C20H18BrNO2/c1-22(13-15-7-3-2-4-8-15)19(23)14-24-18-12-11-16-9-5-6-10-17(16)20(18)21/h2-12H,13-14H2,1H3. The Morgan fingerprint density at radius 1 is 1.00 bits per heavy atom. The molecule has 1 amide bonds. The van der Waals surface area contributed by atoms with Crippen LogP contribution in [0.4, 0.5) is 0 Å². The van der Waals surface area contributed by atoms with Crippen molar-refractivity contribution >= 4 is 32.6 Å². The van der Waals surface area contributed by atoms with Gasteiger partial charge < -0.3 is 9.64 Å². The van der Waals surface area contributed by atoms with Crippen molar-refractivity contribution in [2.75, 3.05) is 13.7 Å². The zero-order valence-electron chi connectivity index (χ0n) is 13.4. The van der Waals surface area contributed by atoms with Crippen molar-refractivity contribution in [3.63, 3.8) is 0 Å². The molecule has 3 aromatic carbocycles. The summed E-state index contributed by atoms with van der Waals surface area (Å²) in [6.07, 6.45) is 0. The predicted octanol–water partition coefficient (Wildman–Crippen LogP) is 4.64. The van der Waals surface area contributed by atoms with Crippen molar-refractivity contribution in [1.29, 1.82) is 0 Å². The summed E-state index contributed by atoms with van der Waals surface area (Å²) in [6.45, 7) is 0.586. The Hall–Kier alpha value is -2.33. The van der Waals surface area contributed by atoms with Crippen LogP contribution in [0.2, 0.25) is 0 Å². The number of nitrogens with zero attached hydrogens (tertiary/aromatic N) is 1. The van der Waals surface area contributed by atoms with Crippen molar-refractivity contribution in [3.05, 3.63) is 76.8 Å². The van der Waals surface area contributed by atoms with E-state index in [1.165, 1.54) is 0 Å². The number of rotatable bonds is 5. The minimum Gasteiger partial charge on any atom is -0.483 e. The van der Waals surface area contributed by atoms with Crippen LogP contribution in [0.25, 0.3) is 10.8 Å². The highest BCUT2D eigenvalue weighted by Crippen LogP contribution is 2.33. The Bertz CT molecular complexity index is 849. The summed E-state index contributed by atoms with van der Waals surface area (Å²) in [7, 11) is 1.79. The third-order valence-corrected chi connectivity index (χ3v) is 4.69. The van der Waals surface area contributed by atoms with Gasteiger partial charge in [0.05, 0.1) is 4.47 Å². The Labute approximate surface area is 150 Å². The number of amides is 1. The molecule has 0 atom stereocenters. The molecule has 0 fully saturated rings. The lowest BCUT2D eigenvalue weighted by molar-refractivity contribution is -0.132. The molecule has 0 bridgehead atoms. The lowest BCUT2D eigenvalue weighted by Gasteiger charge is -2.18. The van der Waals surface area contributed by atoms with Gasteiger partial charge in [-0.25, -0.2) is 0 Å². The first-order chi connectivity index (χ1) is 11.6. The third kappa shape index (κ3) is 3.77. The topological polar surface area (TPSA) is 29.5 Å². The van der Waals surface area contributed by atoms with E-state index in [1.807, 2.05) is 66.7 Å². The van der Waals surface area contributed by atoms with Crippen LogP contribution in [0.5, 0.6) is 5.75 Å². The van der Waals surface area contributed by atoms with Crippen LogP contribution < -0.4 is 4.74 Å². The molecule has 3 nitrogen and oxygen atoms in total. The molecule has 3 aromatic rings. The highest BCUT2D eigenvalue weighted by molar-refractivity contribution is 9.10. The summed E-state index contributed by atoms with van der Waals surface area (Å²) in [5, 5.41) is 2.20. The highest BCUT2D eigenvalue weighted by atomic mass is 79.9. The fourth-order valence-corrected chi connectivity index (χ4v) is 3.13. The first kappa shape index (κ1) is 16.5. The van der Waals surface area contributed by atoms with E-state index in [-0.39, 0.29) is 12.5 Å². The number of ether oxygens (including phenoxy) is 1. The summed E-state index contributed by atoms with van der Waals surface area (Å²) >= 11 is 3.57. The maximum atomic E-state index is 12.3. The second-order valence-electron chi connectivity index (χ2n) is 5.62. The monoisotopic (exact) mass is 383 g/mol. The van der Waals surface area contributed by atoms with Gasteiger partial charge in [-0.2, -0.15) is 0 Å². The Morgan fingerprint density at radius 2 is 1.71 bits per heavy atom. The van der Waals surface area contributed by atoms with Gasteiger partial charge in [-0.15, -0.1) is 0 Å². The maximum Gasteiger partial charge on any atom is 0.260 e. The number of fused-ring (bicyclic) bond motifs is 1. The molecule has 0 saturated heterocycles. The summed E-state index contributed by atoms with van der Waals surface area (Å²) < 4.78 is 6.60. The van der Waals surface area contributed by atoms with Gasteiger partial charge in [-0.05, 0) is 38.3 Å². The molecule has 0 saturated carbocycles. The molecule has 3 rings (SSSR count). The molecule has 0 radical (unpaired) electrons. The fourth-order valence-electron chi connectivity index (χ4n) is 2.52. The summed E-state index contributed by atoms with van der Waals surface area (Å²) in [5.41, 5.74) is 1.10. The number of hydrogen-bond donors (Lipinski definition) is 0. The smallest absolute Gasteiger partial charge is 0.260 e. The molecular formula is C20H18BrNO2. The van der Waals surface area contributed by atoms with E-state index < -0.39 is 0 Å². The zero-order valence-corrected chi connectivity index (χ0v) is 15.0. The molecule has 0 aliphatic rings. The summed E-state index contributed by atoms with van der Waals surface area (Å²) in [5.74, 6) is 0.620. The fraction of sp³-hybridized carbons (Fsp3) is 0.150. The number of benzene rings is 3. The van der Waals surface area contributed by atoms with Crippen molar-refractivity contribution in [2.45, 2.75) is 6.54 Å². The van der Waals surface area contributed by atoms with Gasteiger partial charge in [0, 0.05) is 13.6 Å². The number of carbonyl (C=O) groups excluding carboxylic acids is 1. The Kier molecular flexibility index (Phi) is 5.16. The largest absolute Gasteiger partial charge is 0.483 e. The molecule has 0 aliphatic carbocycles. The molecule has 0 aromatic heterocycles. The highest BCUT2D eigenvalue weighted by Gasteiger charge is 2.12. The molecule has 122 valence electrons. The van der Waals surface area contributed by atoms with Gasteiger partial charge in [0.15, 0.2) is 6.61 Å². The second-order valence-corrected chi connectivity index (χ2v) is 6.42. The van der Waals surface area contributed by atoms with Gasteiger partial charge in [0.2, 0.25) is 0 Å². The van der Waals surface area contributed by atoms with Crippen LogP contribution in [-0.4, -0.2) is 24.5 Å². The minimum atomic E-state index is -0.0566. The number of halogens is 1. The molecule has 0 spiro atoms. The van der Waals surface area contributed by atoms with E-state index in [0.717, 1.165) is 20.8 Å². The van der Waals surface area contributed by atoms with Gasteiger partial charge in [-0.1, -0.05) is 60.7 Å². The van der Waals surface area contributed by atoms with E-state index in [1.54, 1.807) is 11.9 Å². The first-order valence-electron chi connectivity index (χ1n) is 7.73. The zero-order chi connectivity index (χ0) is 16.9. The molecule has 0 heterocycles. The Balaban J connectivity index is 1.65. The second kappa shape index (κ2) is 7.49. The van der Waals surface area contributed by atoms with E-state index in [9.17, 15) is 4.79 Å². The van der Waals surface area contributed by atoms with E-state index in [2.05, 4.69) is 15.9 Å². The minimum absolute atomic E-state index is 0.0142. The first-order valence-corrected chi connectivity index (χ1v) is 8.52. The van der Waals surface area contributed by atoms with E-state index in [4.69, 9.17) is 4.74 Å². The average molecular weight is 384 g/mol. The molecule has 0 N–H and O–H groups in total. The van der Waals surface area contributed by atoms with Crippen LogP contribution in [0.3, 0.4) is 0 Å². The van der Waals surface area contributed by atoms with Gasteiger partial charge in [0.1, 0.15) is 5.75 Å². The van der Waals surface area contributed by atoms with Crippen LogP contribution in [0.1, 0.15) is 5.56 Å². The van der Waals surface area contributed by atoms with Gasteiger partial charge in [-0.3, -0.25) is 4.79 Å². The van der Waals surface area contributed by atoms with Crippen LogP contribution >= 0.6 is 15.9 Å². The third-order valence-electron chi connectivity index (χ3n) is 3.87. The number of carbonyl (C=O) groups is 1. The lowest BCUT2D eigenvalue weighted by atomic mass is 10.1. The van der Waals surface area contributed by atoms with Crippen molar-refractivity contribution < 1.29 is 9.53 Å². The van der Waals surface area contributed by atoms with Gasteiger partial charge >= 0.3 is 0 Å².